The first-order valence-corrected chi connectivity index (χ1v) is 12.8. The van der Waals surface area contributed by atoms with Gasteiger partial charge in [0.1, 0.15) is 34.9 Å². The predicted molar refractivity (Wildman–Crippen MR) is 134 cm³/mol. The van der Waals surface area contributed by atoms with Crippen molar-refractivity contribution in [2.75, 3.05) is 13.7 Å². The minimum atomic E-state index is -4.53. The molecule has 2 atom stereocenters. The standard InChI is InChI=1S/C22H19F4N5O2S.C2H6.CH4O/c23-15-4-6-17(7-5-15)34(33)31-9-1-2-19(31)21(32)28-12-16-10-18(30-13-29-16)14-3-8-20(27-11-14)22(24,25)26;2*1-2/h3-8,10-11,13,19H,1-2,9,12H2,(H,28,32);1-2H3;2H,1H3. The molecule has 206 valence electrons. The fraction of sp³-hybridized carbons (Fsp3) is 0.360. The molecule has 0 aliphatic carbocycles. The third-order valence-corrected chi connectivity index (χ3v) is 6.79. The normalized spacial score (nSPS) is 15.9. The molecule has 0 radical (unpaired) electrons. The van der Waals surface area contributed by atoms with Crippen LogP contribution in [-0.4, -0.2) is 54.2 Å². The van der Waals surface area contributed by atoms with Crippen molar-refractivity contribution in [2.45, 2.75) is 50.3 Å². The molecule has 13 heteroatoms. The van der Waals surface area contributed by atoms with E-state index < -0.39 is 34.7 Å². The monoisotopic (exact) mass is 555 g/mol. The van der Waals surface area contributed by atoms with Crippen LogP contribution in [0.3, 0.4) is 0 Å². The number of hydrogen-bond donors (Lipinski definition) is 2. The van der Waals surface area contributed by atoms with Crippen molar-refractivity contribution in [3.05, 3.63) is 72.2 Å². The zero-order valence-electron chi connectivity index (χ0n) is 21.1. The second kappa shape index (κ2) is 14.6. The minimum Gasteiger partial charge on any atom is -0.400 e. The van der Waals surface area contributed by atoms with Crippen LogP contribution < -0.4 is 5.32 Å². The molecule has 38 heavy (non-hydrogen) atoms. The Balaban J connectivity index is 0.00000121. The Hall–Kier alpha value is -3.29. The average molecular weight is 556 g/mol. The summed E-state index contributed by atoms with van der Waals surface area (Å²) in [4.78, 5) is 24.8. The second-order valence-electron chi connectivity index (χ2n) is 7.54. The number of halogens is 4. The van der Waals surface area contributed by atoms with Gasteiger partial charge >= 0.3 is 6.18 Å². The molecule has 1 aromatic carbocycles. The molecule has 3 aromatic rings. The van der Waals surface area contributed by atoms with Crippen LogP contribution in [0.25, 0.3) is 11.3 Å². The molecule has 8 nitrogen and oxygen atoms in total. The van der Waals surface area contributed by atoms with Crippen molar-refractivity contribution < 1.29 is 31.7 Å². The molecule has 1 amide bonds. The van der Waals surface area contributed by atoms with E-state index in [0.717, 1.165) is 19.4 Å². The summed E-state index contributed by atoms with van der Waals surface area (Å²) in [5.41, 5.74) is 0.180. The summed E-state index contributed by atoms with van der Waals surface area (Å²) in [6.07, 6.45) is -1.00. The number of rotatable bonds is 6. The van der Waals surface area contributed by atoms with Crippen LogP contribution in [0.4, 0.5) is 17.6 Å². The molecule has 2 unspecified atom stereocenters. The number of aliphatic hydroxyl groups excluding tert-OH is 1. The van der Waals surface area contributed by atoms with Crippen LogP contribution >= 0.6 is 0 Å². The third-order valence-electron chi connectivity index (χ3n) is 5.25. The van der Waals surface area contributed by atoms with Gasteiger partial charge in [0.2, 0.25) is 5.91 Å². The van der Waals surface area contributed by atoms with Gasteiger partial charge in [-0.05, 0) is 55.3 Å². The van der Waals surface area contributed by atoms with Crippen LogP contribution in [0, 0.1) is 5.82 Å². The lowest BCUT2D eigenvalue weighted by Gasteiger charge is -2.22. The van der Waals surface area contributed by atoms with Gasteiger partial charge in [-0.1, -0.05) is 13.8 Å². The largest absolute Gasteiger partial charge is 0.433 e. The highest BCUT2D eigenvalue weighted by Crippen LogP contribution is 2.28. The van der Waals surface area contributed by atoms with Gasteiger partial charge in [-0.15, -0.1) is 0 Å². The van der Waals surface area contributed by atoms with Crippen molar-refractivity contribution in [3.63, 3.8) is 0 Å². The van der Waals surface area contributed by atoms with Crippen LogP contribution in [0.1, 0.15) is 38.1 Å². The Morgan fingerprint density at radius 1 is 1.11 bits per heavy atom. The topological polar surface area (TPSA) is 108 Å². The van der Waals surface area contributed by atoms with Crippen molar-refractivity contribution in [2.24, 2.45) is 0 Å². The highest BCUT2D eigenvalue weighted by atomic mass is 32.2. The van der Waals surface area contributed by atoms with Gasteiger partial charge in [-0.25, -0.2) is 22.9 Å². The summed E-state index contributed by atoms with van der Waals surface area (Å²) in [7, 11) is -0.610. The summed E-state index contributed by atoms with van der Waals surface area (Å²) < 4.78 is 65.7. The van der Waals surface area contributed by atoms with Gasteiger partial charge in [0.05, 0.1) is 22.8 Å². The van der Waals surface area contributed by atoms with Gasteiger partial charge in [-0.3, -0.25) is 9.78 Å². The predicted octanol–water partition coefficient (Wildman–Crippen LogP) is 4.13. The number of carbonyl (C=O) groups excluding carboxylic acids is 1. The molecule has 2 N–H and O–H groups in total. The zero-order valence-corrected chi connectivity index (χ0v) is 21.9. The van der Waals surface area contributed by atoms with Gasteiger partial charge in [-0.2, -0.15) is 13.2 Å². The highest BCUT2D eigenvalue weighted by molar-refractivity contribution is 7.82. The lowest BCUT2D eigenvalue weighted by molar-refractivity contribution is -0.141. The van der Waals surface area contributed by atoms with E-state index in [1.165, 1.54) is 36.7 Å². The molecule has 1 saturated heterocycles. The van der Waals surface area contributed by atoms with E-state index in [2.05, 4.69) is 20.3 Å². The maximum atomic E-state index is 13.2. The summed E-state index contributed by atoms with van der Waals surface area (Å²) in [6, 6.07) is 8.36. The Morgan fingerprint density at radius 2 is 1.79 bits per heavy atom. The van der Waals surface area contributed by atoms with Crippen LogP contribution in [-0.2, 0) is 28.5 Å². The number of nitrogens with one attached hydrogen (secondary N) is 1. The molecule has 4 rings (SSSR count). The Kier molecular flexibility index (Phi) is 11.9. The van der Waals surface area contributed by atoms with Crippen molar-refractivity contribution >= 4 is 16.9 Å². The fourth-order valence-electron chi connectivity index (χ4n) is 3.55. The number of benzene rings is 1. The van der Waals surface area contributed by atoms with Crippen molar-refractivity contribution in [1.29, 1.82) is 0 Å². The highest BCUT2D eigenvalue weighted by Gasteiger charge is 2.35. The summed E-state index contributed by atoms with van der Waals surface area (Å²) in [6.45, 7) is 4.51. The Bertz CT molecular complexity index is 1190. The van der Waals surface area contributed by atoms with E-state index in [0.29, 0.717) is 41.2 Å². The number of carbonyl (C=O) groups is 1. The third kappa shape index (κ3) is 8.10. The Morgan fingerprint density at radius 3 is 2.39 bits per heavy atom. The van der Waals surface area contributed by atoms with E-state index in [9.17, 15) is 26.6 Å². The van der Waals surface area contributed by atoms with Crippen LogP contribution in [0.2, 0.25) is 0 Å². The first-order chi connectivity index (χ1) is 18.2. The fourth-order valence-corrected chi connectivity index (χ4v) is 4.91. The molecule has 1 aliphatic heterocycles. The molecule has 1 fully saturated rings. The minimum absolute atomic E-state index is 0.0515. The van der Waals surface area contributed by atoms with E-state index in [1.807, 2.05) is 13.8 Å². The Labute approximate surface area is 220 Å². The number of amides is 1. The smallest absolute Gasteiger partial charge is 0.400 e. The number of alkyl halides is 3. The molecule has 0 bridgehead atoms. The first kappa shape index (κ1) is 30.9. The zero-order chi connectivity index (χ0) is 28.3. The number of aliphatic hydroxyl groups is 1. The van der Waals surface area contributed by atoms with Crippen molar-refractivity contribution in [3.8, 4) is 11.3 Å². The number of aromatic nitrogens is 3. The lowest BCUT2D eigenvalue weighted by atomic mass is 10.1. The van der Waals surface area contributed by atoms with Gasteiger partial charge in [0.15, 0.2) is 0 Å². The van der Waals surface area contributed by atoms with Crippen LogP contribution in [0.15, 0.2) is 59.9 Å². The first-order valence-electron chi connectivity index (χ1n) is 11.7. The molecule has 1 aliphatic rings. The van der Waals surface area contributed by atoms with E-state index in [1.54, 1.807) is 10.4 Å². The maximum absolute atomic E-state index is 13.2. The summed E-state index contributed by atoms with van der Waals surface area (Å²) in [5, 5.41) is 9.76. The molecule has 0 saturated carbocycles. The van der Waals surface area contributed by atoms with Crippen LogP contribution in [0.5, 0.6) is 0 Å². The number of hydrogen-bond acceptors (Lipinski definition) is 6. The number of pyridine rings is 1. The van der Waals surface area contributed by atoms with E-state index in [-0.39, 0.29) is 12.5 Å². The lowest BCUT2D eigenvalue weighted by Crippen LogP contribution is -2.43. The maximum Gasteiger partial charge on any atom is 0.433 e. The van der Waals surface area contributed by atoms with E-state index >= 15 is 0 Å². The van der Waals surface area contributed by atoms with Gasteiger partial charge in [0.25, 0.3) is 0 Å². The summed E-state index contributed by atoms with van der Waals surface area (Å²) in [5.74, 6) is -0.767. The summed E-state index contributed by atoms with van der Waals surface area (Å²) >= 11 is 0. The molecular weight excluding hydrogens is 526 g/mol. The second-order valence-corrected chi connectivity index (χ2v) is 8.98. The number of nitrogens with zero attached hydrogens (tertiary/aromatic N) is 4. The molecular formula is C25H29F4N5O3S. The molecule has 2 aromatic heterocycles. The van der Waals surface area contributed by atoms with E-state index in [4.69, 9.17) is 5.11 Å². The average Bonchev–Trinajstić information content (AvgIpc) is 3.44. The van der Waals surface area contributed by atoms with Gasteiger partial charge < -0.3 is 10.4 Å². The quantitative estimate of drug-likeness (QED) is 0.443. The molecule has 3 heterocycles. The molecule has 0 spiro atoms. The van der Waals surface area contributed by atoms with Gasteiger partial charge in [0, 0.05) is 25.4 Å². The van der Waals surface area contributed by atoms with Crippen molar-refractivity contribution in [1.82, 2.24) is 24.6 Å². The SMILES string of the molecule is CC.CO.O=C(NCc1cc(-c2ccc(C(F)(F)F)nc2)ncn1)C1CCCN1S(=O)c1ccc(F)cc1.